The number of hydrogen-bond acceptors (Lipinski definition) is 2. The third-order valence-corrected chi connectivity index (χ3v) is 2.45. The molecule has 0 aliphatic rings. The van der Waals surface area contributed by atoms with Gasteiger partial charge in [-0.15, -0.1) is 0 Å². The lowest BCUT2D eigenvalue weighted by Gasteiger charge is -2.22. The molecule has 3 heteroatoms. The van der Waals surface area contributed by atoms with Crippen molar-refractivity contribution in [2.45, 2.75) is 53.4 Å². The second-order valence-electron chi connectivity index (χ2n) is 4.64. The van der Waals surface area contributed by atoms with E-state index < -0.39 is 0 Å². The molecule has 0 fully saturated rings. The molecule has 16 heavy (non-hydrogen) atoms. The Labute approximate surface area is 100 Å². The minimum atomic E-state index is -0.143. The van der Waals surface area contributed by atoms with Crippen LogP contribution in [0.15, 0.2) is 0 Å². The molecule has 0 unspecified atom stereocenters. The average Bonchev–Trinajstić information content (AvgIpc) is 2.25. The number of carbonyl (C=O) groups is 1. The summed E-state index contributed by atoms with van der Waals surface area (Å²) in [6.07, 6.45) is 3.96. The van der Waals surface area contributed by atoms with Crippen molar-refractivity contribution >= 4 is 6.09 Å². The van der Waals surface area contributed by atoms with E-state index in [9.17, 15) is 4.79 Å². The number of carbonyl (C=O) groups excluding carboxylic acids is 1. The topological polar surface area (TPSA) is 29.5 Å². The van der Waals surface area contributed by atoms with Crippen molar-refractivity contribution in [2.24, 2.45) is 5.92 Å². The van der Waals surface area contributed by atoms with Gasteiger partial charge >= 0.3 is 6.09 Å². The summed E-state index contributed by atoms with van der Waals surface area (Å²) in [4.78, 5) is 13.6. The Hall–Kier alpha value is -0.730. The van der Waals surface area contributed by atoms with E-state index in [1.165, 1.54) is 0 Å². The first-order chi connectivity index (χ1) is 7.61. The van der Waals surface area contributed by atoms with Gasteiger partial charge in [-0.25, -0.2) is 4.79 Å². The van der Waals surface area contributed by atoms with Crippen molar-refractivity contribution in [3.8, 4) is 0 Å². The molecule has 1 amide bonds. The minimum absolute atomic E-state index is 0.143. The van der Waals surface area contributed by atoms with E-state index in [4.69, 9.17) is 4.74 Å². The Morgan fingerprint density at radius 1 is 1.19 bits per heavy atom. The zero-order chi connectivity index (χ0) is 12.4. The summed E-state index contributed by atoms with van der Waals surface area (Å²) in [7, 11) is 0. The van der Waals surface area contributed by atoms with Gasteiger partial charge in [-0.05, 0) is 25.2 Å². The average molecular weight is 229 g/mol. The number of unbranched alkanes of at least 4 members (excludes halogenated alkanes) is 1. The first kappa shape index (κ1) is 15.3. The van der Waals surface area contributed by atoms with E-state index in [0.29, 0.717) is 12.5 Å². The fraction of sp³-hybridized carbons (Fsp3) is 0.923. The number of amides is 1. The predicted molar refractivity (Wildman–Crippen MR) is 67.6 cm³/mol. The van der Waals surface area contributed by atoms with E-state index >= 15 is 0 Å². The summed E-state index contributed by atoms with van der Waals surface area (Å²) in [5.41, 5.74) is 0. The van der Waals surface area contributed by atoms with Crippen molar-refractivity contribution in [2.75, 3.05) is 19.7 Å². The van der Waals surface area contributed by atoms with Gasteiger partial charge in [-0.3, -0.25) is 0 Å². The summed E-state index contributed by atoms with van der Waals surface area (Å²) in [6, 6.07) is 0. The van der Waals surface area contributed by atoms with Gasteiger partial charge < -0.3 is 9.64 Å². The third-order valence-electron chi connectivity index (χ3n) is 2.45. The molecule has 0 atom stereocenters. The van der Waals surface area contributed by atoms with Crippen LogP contribution in [0.2, 0.25) is 0 Å². The van der Waals surface area contributed by atoms with Crippen LogP contribution in [0.25, 0.3) is 0 Å². The summed E-state index contributed by atoms with van der Waals surface area (Å²) >= 11 is 0. The van der Waals surface area contributed by atoms with Crippen LogP contribution in [0, 0.1) is 5.92 Å². The molecular weight excluding hydrogens is 202 g/mol. The van der Waals surface area contributed by atoms with Gasteiger partial charge in [0.1, 0.15) is 0 Å². The lowest BCUT2D eigenvalue weighted by Crippen LogP contribution is -2.34. The predicted octanol–water partition coefficient (Wildman–Crippen LogP) is 3.68. The molecule has 0 aromatic rings. The molecule has 0 spiro atoms. The molecule has 96 valence electrons. The summed E-state index contributed by atoms with van der Waals surface area (Å²) in [5, 5.41) is 0. The maximum absolute atomic E-state index is 11.7. The smallest absolute Gasteiger partial charge is 0.409 e. The van der Waals surface area contributed by atoms with Crippen LogP contribution in [0.3, 0.4) is 0 Å². The van der Waals surface area contributed by atoms with Crippen molar-refractivity contribution in [3.63, 3.8) is 0 Å². The Morgan fingerprint density at radius 2 is 1.88 bits per heavy atom. The number of hydrogen-bond donors (Lipinski definition) is 0. The van der Waals surface area contributed by atoms with E-state index in [1.807, 2.05) is 11.8 Å². The van der Waals surface area contributed by atoms with Crippen LogP contribution < -0.4 is 0 Å². The van der Waals surface area contributed by atoms with E-state index in [1.54, 1.807) is 0 Å². The van der Waals surface area contributed by atoms with Crippen molar-refractivity contribution in [1.82, 2.24) is 4.90 Å². The minimum Gasteiger partial charge on any atom is -0.449 e. The Balaban J connectivity index is 4.01. The number of nitrogens with zero attached hydrogens (tertiary/aromatic N) is 1. The van der Waals surface area contributed by atoms with Crippen LogP contribution in [-0.4, -0.2) is 30.7 Å². The van der Waals surface area contributed by atoms with Gasteiger partial charge in [0.15, 0.2) is 0 Å². The molecule has 0 heterocycles. The molecule has 0 saturated heterocycles. The van der Waals surface area contributed by atoms with Gasteiger partial charge in [-0.2, -0.15) is 0 Å². The number of rotatable bonds is 8. The second-order valence-corrected chi connectivity index (χ2v) is 4.64. The van der Waals surface area contributed by atoms with Crippen LogP contribution in [0.1, 0.15) is 53.4 Å². The fourth-order valence-electron chi connectivity index (χ4n) is 1.34. The van der Waals surface area contributed by atoms with Gasteiger partial charge in [0.25, 0.3) is 0 Å². The largest absolute Gasteiger partial charge is 0.449 e. The summed E-state index contributed by atoms with van der Waals surface area (Å²) < 4.78 is 5.17. The zero-order valence-corrected chi connectivity index (χ0v) is 11.3. The molecule has 0 saturated carbocycles. The lowest BCUT2D eigenvalue weighted by atomic mass is 10.1. The van der Waals surface area contributed by atoms with Crippen molar-refractivity contribution in [1.29, 1.82) is 0 Å². The highest BCUT2D eigenvalue weighted by Crippen LogP contribution is 2.05. The highest BCUT2D eigenvalue weighted by atomic mass is 16.6. The van der Waals surface area contributed by atoms with Crippen LogP contribution in [0.5, 0.6) is 0 Å². The van der Waals surface area contributed by atoms with Gasteiger partial charge in [0.05, 0.1) is 6.61 Å². The van der Waals surface area contributed by atoms with Crippen LogP contribution in [-0.2, 0) is 4.74 Å². The van der Waals surface area contributed by atoms with Gasteiger partial charge in [0, 0.05) is 13.1 Å². The molecular formula is C13H27NO2. The standard InChI is InChI=1S/C13H27NO2/c1-5-7-9-14(10-8-12(3)4)13(15)16-11-6-2/h12H,5-11H2,1-4H3. The Morgan fingerprint density at radius 3 is 2.38 bits per heavy atom. The summed E-state index contributed by atoms with van der Waals surface area (Å²) in [5.74, 6) is 0.628. The third kappa shape index (κ3) is 7.55. The monoisotopic (exact) mass is 229 g/mol. The fourth-order valence-corrected chi connectivity index (χ4v) is 1.34. The highest BCUT2D eigenvalue weighted by molar-refractivity contribution is 5.67. The highest BCUT2D eigenvalue weighted by Gasteiger charge is 2.14. The van der Waals surface area contributed by atoms with E-state index in [2.05, 4.69) is 20.8 Å². The van der Waals surface area contributed by atoms with Gasteiger partial charge in [0.2, 0.25) is 0 Å². The normalized spacial score (nSPS) is 10.6. The number of ether oxygens (including phenoxy) is 1. The van der Waals surface area contributed by atoms with Gasteiger partial charge in [-0.1, -0.05) is 34.1 Å². The first-order valence-electron chi connectivity index (χ1n) is 6.53. The molecule has 0 rings (SSSR count). The van der Waals surface area contributed by atoms with Crippen molar-refractivity contribution < 1.29 is 9.53 Å². The first-order valence-corrected chi connectivity index (χ1v) is 6.53. The molecule has 0 aliphatic heterocycles. The SMILES string of the molecule is CCCCN(CCC(C)C)C(=O)OCCC. The Bertz CT molecular complexity index is 181. The molecule has 0 bridgehead atoms. The molecule has 0 N–H and O–H groups in total. The molecule has 0 radical (unpaired) electrons. The molecule has 0 aromatic heterocycles. The van der Waals surface area contributed by atoms with Crippen LogP contribution >= 0.6 is 0 Å². The quantitative estimate of drug-likeness (QED) is 0.635. The van der Waals surface area contributed by atoms with Crippen LogP contribution in [0.4, 0.5) is 4.79 Å². The maximum atomic E-state index is 11.7. The van der Waals surface area contributed by atoms with Crippen molar-refractivity contribution in [3.05, 3.63) is 0 Å². The molecule has 0 aliphatic carbocycles. The Kier molecular flexibility index (Phi) is 9.06. The lowest BCUT2D eigenvalue weighted by molar-refractivity contribution is 0.1000. The zero-order valence-electron chi connectivity index (χ0n) is 11.3. The summed E-state index contributed by atoms with van der Waals surface area (Å²) in [6.45, 7) is 10.7. The molecule has 0 aromatic carbocycles. The maximum Gasteiger partial charge on any atom is 0.409 e. The van der Waals surface area contributed by atoms with E-state index in [-0.39, 0.29) is 6.09 Å². The van der Waals surface area contributed by atoms with E-state index in [0.717, 1.165) is 38.8 Å². The molecule has 3 nitrogen and oxygen atoms in total. The second kappa shape index (κ2) is 9.49.